The van der Waals surface area contributed by atoms with Crippen LogP contribution in [0.2, 0.25) is 5.02 Å². The molecule has 1 saturated heterocycles. The Labute approximate surface area is 184 Å². The zero-order valence-electron chi connectivity index (χ0n) is 18.0. The van der Waals surface area contributed by atoms with E-state index >= 15 is 0 Å². The number of rotatable bonds is 8. The fraction of sp³-hybridized carbons (Fsp3) is 0.609. The SMILES string of the molecule is CCOc1c(Cl)cc(/C=C/C(=O)NCC2(N3CCOCC3)CCCCC2)cc1OC. The Morgan fingerprint density at radius 3 is 2.67 bits per heavy atom. The lowest BCUT2D eigenvalue weighted by Crippen LogP contribution is -2.59. The number of carbonyl (C=O) groups is 1. The molecule has 3 rings (SSSR count). The summed E-state index contributed by atoms with van der Waals surface area (Å²) in [5.41, 5.74) is 0.841. The molecule has 1 amide bonds. The summed E-state index contributed by atoms with van der Waals surface area (Å²) < 4.78 is 16.4. The highest BCUT2D eigenvalue weighted by molar-refractivity contribution is 6.32. The van der Waals surface area contributed by atoms with Gasteiger partial charge in [0.05, 0.1) is 32.0 Å². The normalized spacial score (nSPS) is 19.6. The fourth-order valence-corrected chi connectivity index (χ4v) is 4.73. The zero-order valence-corrected chi connectivity index (χ0v) is 18.8. The van der Waals surface area contributed by atoms with Gasteiger partial charge in [0.25, 0.3) is 0 Å². The summed E-state index contributed by atoms with van der Waals surface area (Å²) >= 11 is 6.32. The lowest BCUT2D eigenvalue weighted by molar-refractivity contribution is -0.117. The molecule has 166 valence electrons. The lowest BCUT2D eigenvalue weighted by atomic mass is 9.79. The molecule has 7 heteroatoms. The Kier molecular flexibility index (Phi) is 8.42. The molecule has 1 aromatic rings. The molecule has 1 aliphatic heterocycles. The van der Waals surface area contributed by atoms with Crippen LogP contribution >= 0.6 is 11.6 Å². The molecule has 1 heterocycles. The summed E-state index contributed by atoms with van der Waals surface area (Å²) in [5, 5.41) is 3.60. The van der Waals surface area contributed by atoms with Gasteiger partial charge in [0.2, 0.25) is 5.91 Å². The Balaban J connectivity index is 1.64. The minimum atomic E-state index is -0.0998. The van der Waals surface area contributed by atoms with Crippen molar-refractivity contribution in [2.24, 2.45) is 0 Å². The molecule has 0 radical (unpaired) electrons. The first-order valence-corrected chi connectivity index (χ1v) is 11.2. The van der Waals surface area contributed by atoms with Crippen molar-refractivity contribution in [3.05, 3.63) is 28.8 Å². The highest BCUT2D eigenvalue weighted by Gasteiger charge is 2.38. The summed E-state index contributed by atoms with van der Waals surface area (Å²) in [7, 11) is 1.57. The van der Waals surface area contributed by atoms with E-state index in [1.807, 2.05) is 13.0 Å². The number of carbonyl (C=O) groups excluding carboxylic acids is 1. The minimum Gasteiger partial charge on any atom is -0.493 e. The summed E-state index contributed by atoms with van der Waals surface area (Å²) in [5.74, 6) is 0.975. The number of nitrogens with zero attached hydrogens (tertiary/aromatic N) is 1. The Morgan fingerprint density at radius 1 is 1.27 bits per heavy atom. The van der Waals surface area contributed by atoms with E-state index in [1.54, 1.807) is 25.3 Å². The number of hydrogen-bond acceptors (Lipinski definition) is 5. The molecular formula is C23H33ClN2O4. The first-order valence-electron chi connectivity index (χ1n) is 10.9. The monoisotopic (exact) mass is 436 g/mol. The fourth-order valence-electron chi connectivity index (χ4n) is 4.46. The second-order valence-electron chi connectivity index (χ2n) is 7.90. The average Bonchev–Trinajstić information content (AvgIpc) is 2.79. The molecule has 1 aromatic carbocycles. The summed E-state index contributed by atoms with van der Waals surface area (Å²) in [6.07, 6.45) is 9.27. The summed E-state index contributed by atoms with van der Waals surface area (Å²) in [6.45, 7) is 6.49. The molecule has 0 spiro atoms. The lowest BCUT2D eigenvalue weighted by Gasteiger charge is -2.48. The van der Waals surface area contributed by atoms with E-state index in [0.717, 1.165) is 44.7 Å². The van der Waals surface area contributed by atoms with Gasteiger partial charge in [-0.1, -0.05) is 30.9 Å². The van der Waals surface area contributed by atoms with Gasteiger partial charge in [0.15, 0.2) is 11.5 Å². The molecule has 0 unspecified atom stereocenters. The molecule has 0 atom stereocenters. The number of morpholine rings is 1. The van der Waals surface area contributed by atoms with E-state index in [9.17, 15) is 4.79 Å². The maximum Gasteiger partial charge on any atom is 0.244 e. The van der Waals surface area contributed by atoms with Crippen LogP contribution in [0.15, 0.2) is 18.2 Å². The molecule has 1 N–H and O–H groups in total. The molecule has 6 nitrogen and oxygen atoms in total. The van der Waals surface area contributed by atoms with Crippen LogP contribution in [0.25, 0.3) is 6.08 Å². The molecule has 2 fully saturated rings. The number of amides is 1. The van der Waals surface area contributed by atoms with Crippen LogP contribution in [0.3, 0.4) is 0 Å². The Morgan fingerprint density at radius 2 is 2.00 bits per heavy atom. The van der Waals surface area contributed by atoms with Crippen molar-refractivity contribution in [1.29, 1.82) is 0 Å². The number of methoxy groups -OCH3 is 1. The van der Waals surface area contributed by atoms with Crippen LogP contribution in [0.4, 0.5) is 0 Å². The number of hydrogen-bond donors (Lipinski definition) is 1. The average molecular weight is 437 g/mol. The highest BCUT2D eigenvalue weighted by atomic mass is 35.5. The predicted molar refractivity (Wildman–Crippen MR) is 119 cm³/mol. The van der Waals surface area contributed by atoms with Gasteiger partial charge in [0.1, 0.15) is 0 Å². The van der Waals surface area contributed by atoms with Gasteiger partial charge in [-0.25, -0.2) is 0 Å². The van der Waals surface area contributed by atoms with Crippen molar-refractivity contribution in [3.8, 4) is 11.5 Å². The highest BCUT2D eigenvalue weighted by Crippen LogP contribution is 2.37. The van der Waals surface area contributed by atoms with E-state index in [0.29, 0.717) is 29.7 Å². The van der Waals surface area contributed by atoms with Gasteiger partial charge in [0, 0.05) is 31.2 Å². The second kappa shape index (κ2) is 11.0. The van der Waals surface area contributed by atoms with E-state index in [2.05, 4.69) is 10.2 Å². The number of halogens is 1. The van der Waals surface area contributed by atoms with Crippen molar-refractivity contribution in [2.45, 2.75) is 44.6 Å². The summed E-state index contributed by atoms with van der Waals surface area (Å²) in [6, 6.07) is 3.59. The largest absolute Gasteiger partial charge is 0.493 e. The quantitative estimate of drug-likeness (QED) is 0.626. The van der Waals surface area contributed by atoms with Crippen molar-refractivity contribution in [2.75, 3.05) is 46.6 Å². The van der Waals surface area contributed by atoms with Crippen molar-refractivity contribution >= 4 is 23.6 Å². The zero-order chi connectivity index (χ0) is 21.4. The number of benzene rings is 1. The van der Waals surface area contributed by atoms with Crippen molar-refractivity contribution in [1.82, 2.24) is 10.2 Å². The topological polar surface area (TPSA) is 60.0 Å². The van der Waals surface area contributed by atoms with Crippen molar-refractivity contribution < 1.29 is 19.0 Å². The molecule has 0 aromatic heterocycles. The Hall–Kier alpha value is -1.76. The molecule has 1 saturated carbocycles. The van der Waals surface area contributed by atoms with Gasteiger partial charge >= 0.3 is 0 Å². The van der Waals surface area contributed by atoms with Crippen LogP contribution in [0, 0.1) is 0 Å². The predicted octanol–water partition coefficient (Wildman–Crippen LogP) is 3.91. The van der Waals surface area contributed by atoms with Crippen LogP contribution in [-0.2, 0) is 9.53 Å². The van der Waals surface area contributed by atoms with Crippen LogP contribution in [-0.4, -0.2) is 62.9 Å². The number of ether oxygens (including phenoxy) is 3. The maximum atomic E-state index is 12.6. The third-order valence-electron chi connectivity index (χ3n) is 6.03. The van der Waals surface area contributed by atoms with Crippen LogP contribution in [0.1, 0.15) is 44.6 Å². The number of nitrogens with one attached hydrogen (secondary N) is 1. The van der Waals surface area contributed by atoms with Crippen LogP contribution in [0.5, 0.6) is 11.5 Å². The molecule has 1 aliphatic carbocycles. The van der Waals surface area contributed by atoms with E-state index in [-0.39, 0.29) is 11.4 Å². The van der Waals surface area contributed by atoms with Gasteiger partial charge in [-0.3, -0.25) is 9.69 Å². The standard InChI is InChI=1S/C23H33ClN2O4/c1-3-30-22-19(24)15-18(16-20(22)28-2)7-8-21(27)25-17-23(9-5-4-6-10-23)26-11-13-29-14-12-26/h7-8,15-16H,3-6,9-14,17H2,1-2H3,(H,25,27)/b8-7+. The smallest absolute Gasteiger partial charge is 0.244 e. The Bertz CT molecular complexity index is 741. The molecule has 0 bridgehead atoms. The van der Waals surface area contributed by atoms with Crippen LogP contribution < -0.4 is 14.8 Å². The maximum absolute atomic E-state index is 12.6. The van der Waals surface area contributed by atoms with E-state index < -0.39 is 0 Å². The first kappa shape index (κ1) is 22.9. The van der Waals surface area contributed by atoms with Crippen molar-refractivity contribution in [3.63, 3.8) is 0 Å². The van der Waals surface area contributed by atoms with E-state index in [4.69, 9.17) is 25.8 Å². The minimum absolute atomic E-state index is 0.0528. The summed E-state index contributed by atoms with van der Waals surface area (Å²) in [4.78, 5) is 15.1. The molecule has 30 heavy (non-hydrogen) atoms. The van der Waals surface area contributed by atoms with Gasteiger partial charge in [-0.05, 0) is 43.5 Å². The van der Waals surface area contributed by atoms with Gasteiger partial charge in [-0.2, -0.15) is 0 Å². The van der Waals surface area contributed by atoms with E-state index in [1.165, 1.54) is 19.3 Å². The second-order valence-corrected chi connectivity index (χ2v) is 8.31. The van der Waals surface area contributed by atoms with Gasteiger partial charge < -0.3 is 19.5 Å². The van der Waals surface area contributed by atoms with Gasteiger partial charge in [-0.15, -0.1) is 0 Å². The molecule has 2 aliphatic rings. The first-order chi connectivity index (χ1) is 14.6. The molecular weight excluding hydrogens is 404 g/mol. The third kappa shape index (κ3) is 5.68. The third-order valence-corrected chi connectivity index (χ3v) is 6.31.